The monoisotopic (exact) mass is 308 g/mol. The third-order valence-corrected chi connectivity index (χ3v) is 3.32. The van der Waals surface area contributed by atoms with Gasteiger partial charge in [-0.1, -0.05) is 38.1 Å². The molecule has 0 radical (unpaired) electrons. The summed E-state index contributed by atoms with van der Waals surface area (Å²) in [5.41, 5.74) is 8.22. The maximum Gasteiger partial charge on any atom is 0.230 e. The molecule has 0 amide bonds. The maximum absolute atomic E-state index is 9.43. The van der Waals surface area contributed by atoms with E-state index >= 15 is 0 Å². The summed E-state index contributed by atoms with van der Waals surface area (Å²) in [6.45, 7) is 4.28. The van der Waals surface area contributed by atoms with Crippen LogP contribution in [0.1, 0.15) is 36.7 Å². The van der Waals surface area contributed by atoms with Gasteiger partial charge in [0.15, 0.2) is 5.82 Å². The number of hydrogen-bond donors (Lipinski definition) is 1. The smallest absolute Gasteiger partial charge is 0.230 e. The van der Waals surface area contributed by atoms with Crippen LogP contribution in [0.4, 0.5) is 11.9 Å². The van der Waals surface area contributed by atoms with E-state index in [1.54, 1.807) is 25.1 Å². The van der Waals surface area contributed by atoms with Crippen LogP contribution in [0.2, 0.25) is 0 Å². The van der Waals surface area contributed by atoms with E-state index in [-0.39, 0.29) is 11.8 Å². The number of nitriles is 1. The molecule has 0 aliphatic heterocycles. The fourth-order valence-corrected chi connectivity index (χ4v) is 1.99. The number of nitrogen functional groups attached to an aromatic ring is 1. The van der Waals surface area contributed by atoms with Gasteiger partial charge >= 0.3 is 0 Å². The van der Waals surface area contributed by atoms with Crippen LogP contribution in [0.25, 0.3) is 11.6 Å². The van der Waals surface area contributed by atoms with Crippen LogP contribution in [0, 0.1) is 11.3 Å². The molecular weight excluding hydrogens is 288 g/mol. The van der Waals surface area contributed by atoms with Gasteiger partial charge in [0.2, 0.25) is 11.9 Å². The molecule has 0 saturated heterocycles. The lowest BCUT2D eigenvalue weighted by atomic mass is 10.0. The molecule has 0 aliphatic carbocycles. The first-order chi connectivity index (χ1) is 10.9. The van der Waals surface area contributed by atoms with Crippen LogP contribution in [0.3, 0.4) is 0 Å². The van der Waals surface area contributed by atoms with E-state index in [1.165, 1.54) is 5.56 Å². The lowest BCUT2D eigenvalue weighted by Gasteiger charge is -2.11. The Morgan fingerprint density at radius 1 is 1.17 bits per heavy atom. The molecule has 0 fully saturated rings. The second-order valence-electron chi connectivity index (χ2n) is 5.70. The minimum Gasteiger partial charge on any atom is -0.368 e. The minimum atomic E-state index is 0.0926. The standard InChI is InChI=1S/C17H20N6/c1-11(2)13-7-5-12(6-8-13)9-14(10-18)15-20-16(19)22-17(21-15)23(3)4/h5-9,11H,1-4H3,(H2,19,20,21,22)/b14-9-. The SMILES string of the molecule is CC(C)c1ccc(/C=C(/C#N)c2nc(N)nc(N(C)C)n2)cc1. The number of nitrogens with zero attached hydrogens (tertiary/aromatic N) is 5. The van der Waals surface area contributed by atoms with Gasteiger partial charge < -0.3 is 10.6 Å². The molecule has 0 unspecified atom stereocenters. The van der Waals surface area contributed by atoms with Crippen LogP contribution in [0.5, 0.6) is 0 Å². The van der Waals surface area contributed by atoms with Crippen molar-refractivity contribution in [2.24, 2.45) is 0 Å². The summed E-state index contributed by atoms with van der Waals surface area (Å²) >= 11 is 0. The van der Waals surface area contributed by atoms with Gasteiger partial charge in [0.1, 0.15) is 6.07 Å². The molecule has 2 N–H and O–H groups in total. The van der Waals surface area contributed by atoms with E-state index in [9.17, 15) is 5.26 Å². The number of rotatable bonds is 4. The molecule has 0 atom stereocenters. The summed E-state index contributed by atoms with van der Waals surface area (Å²) in [7, 11) is 3.61. The molecule has 23 heavy (non-hydrogen) atoms. The van der Waals surface area contributed by atoms with Crippen LogP contribution in [-0.2, 0) is 0 Å². The number of anilines is 2. The van der Waals surface area contributed by atoms with Crippen molar-refractivity contribution in [3.63, 3.8) is 0 Å². The first-order valence-corrected chi connectivity index (χ1v) is 7.31. The quantitative estimate of drug-likeness (QED) is 0.873. The largest absolute Gasteiger partial charge is 0.368 e. The molecule has 1 aromatic heterocycles. The van der Waals surface area contributed by atoms with Crippen molar-refractivity contribution < 1.29 is 0 Å². The summed E-state index contributed by atoms with van der Waals surface area (Å²) in [5.74, 6) is 1.25. The number of benzene rings is 1. The van der Waals surface area contributed by atoms with Crippen molar-refractivity contribution in [3.05, 3.63) is 41.2 Å². The Labute approximate surface area is 136 Å². The highest BCUT2D eigenvalue weighted by molar-refractivity contribution is 5.87. The molecule has 0 saturated carbocycles. The third kappa shape index (κ3) is 4.04. The molecule has 0 aliphatic rings. The zero-order chi connectivity index (χ0) is 17.0. The van der Waals surface area contributed by atoms with Gasteiger partial charge in [-0.2, -0.15) is 20.2 Å². The van der Waals surface area contributed by atoms with Crippen LogP contribution in [-0.4, -0.2) is 29.0 Å². The van der Waals surface area contributed by atoms with Gasteiger partial charge in [-0.15, -0.1) is 0 Å². The van der Waals surface area contributed by atoms with E-state index in [0.717, 1.165) is 5.56 Å². The summed E-state index contributed by atoms with van der Waals surface area (Å²) in [5, 5.41) is 9.43. The normalized spacial score (nSPS) is 11.4. The average molecular weight is 308 g/mol. The molecule has 0 bridgehead atoms. The fourth-order valence-electron chi connectivity index (χ4n) is 1.99. The lowest BCUT2D eigenvalue weighted by Crippen LogP contribution is -2.15. The molecule has 6 heteroatoms. The van der Waals surface area contributed by atoms with Crippen molar-refractivity contribution in [2.75, 3.05) is 24.7 Å². The highest BCUT2D eigenvalue weighted by atomic mass is 15.3. The van der Waals surface area contributed by atoms with E-state index in [1.807, 2.05) is 12.1 Å². The average Bonchev–Trinajstić information content (AvgIpc) is 2.52. The Morgan fingerprint density at radius 2 is 1.83 bits per heavy atom. The Hall–Kier alpha value is -2.94. The second-order valence-corrected chi connectivity index (χ2v) is 5.70. The third-order valence-electron chi connectivity index (χ3n) is 3.32. The van der Waals surface area contributed by atoms with Crippen LogP contribution in [0.15, 0.2) is 24.3 Å². The molecule has 1 heterocycles. The number of allylic oxidation sites excluding steroid dienone is 1. The van der Waals surface area contributed by atoms with Crippen LogP contribution < -0.4 is 10.6 Å². The maximum atomic E-state index is 9.43. The predicted octanol–water partition coefficient (Wildman–Crippen LogP) is 2.71. The topological polar surface area (TPSA) is 91.7 Å². The van der Waals surface area contributed by atoms with Crippen LogP contribution >= 0.6 is 0 Å². The van der Waals surface area contributed by atoms with E-state index in [4.69, 9.17) is 5.73 Å². The summed E-state index contributed by atoms with van der Waals surface area (Å²) in [4.78, 5) is 14.1. The fraction of sp³-hybridized carbons (Fsp3) is 0.294. The Balaban J connectivity index is 2.41. The second kappa shape index (κ2) is 6.88. The van der Waals surface area contributed by atoms with Gasteiger partial charge in [-0.25, -0.2) is 0 Å². The Morgan fingerprint density at radius 3 is 2.35 bits per heavy atom. The zero-order valence-electron chi connectivity index (χ0n) is 13.8. The van der Waals surface area contributed by atoms with Gasteiger partial charge in [0, 0.05) is 14.1 Å². The van der Waals surface area contributed by atoms with Gasteiger partial charge in [0.05, 0.1) is 5.57 Å². The van der Waals surface area contributed by atoms with E-state index in [2.05, 4.69) is 47.0 Å². The molecule has 1 aromatic carbocycles. The molecule has 2 rings (SSSR count). The first kappa shape index (κ1) is 16.4. The minimum absolute atomic E-state index is 0.0926. The van der Waals surface area contributed by atoms with Crippen molar-refractivity contribution >= 4 is 23.5 Å². The molecule has 2 aromatic rings. The number of nitrogens with two attached hydrogens (primary N) is 1. The molecular formula is C17H20N6. The highest BCUT2D eigenvalue weighted by Crippen LogP contribution is 2.19. The molecule has 6 nitrogen and oxygen atoms in total. The molecule has 118 valence electrons. The Bertz CT molecular complexity index is 754. The van der Waals surface area contributed by atoms with Gasteiger partial charge in [-0.3, -0.25) is 0 Å². The zero-order valence-corrected chi connectivity index (χ0v) is 13.8. The van der Waals surface area contributed by atoms with Crippen molar-refractivity contribution in [2.45, 2.75) is 19.8 Å². The van der Waals surface area contributed by atoms with Gasteiger partial charge in [-0.05, 0) is 23.1 Å². The number of hydrogen-bond acceptors (Lipinski definition) is 6. The number of aromatic nitrogens is 3. The predicted molar refractivity (Wildman–Crippen MR) is 92.6 cm³/mol. The van der Waals surface area contributed by atoms with E-state index in [0.29, 0.717) is 17.4 Å². The van der Waals surface area contributed by atoms with Crippen molar-refractivity contribution in [1.29, 1.82) is 5.26 Å². The summed E-state index contributed by atoms with van der Waals surface area (Å²) < 4.78 is 0. The first-order valence-electron chi connectivity index (χ1n) is 7.31. The lowest BCUT2D eigenvalue weighted by molar-refractivity contribution is 0.866. The van der Waals surface area contributed by atoms with Gasteiger partial charge in [0.25, 0.3) is 0 Å². The summed E-state index contributed by atoms with van der Waals surface area (Å²) in [6.07, 6.45) is 1.75. The van der Waals surface area contributed by atoms with Crippen molar-refractivity contribution in [1.82, 2.24) is 15.0 Å². The highest BCUT2D eigenvalue weighted by Gasteiger charge is 2.10. The summed E-state index contributed by atoms with van der Waals surface area (Å²) in [6, 6.07) is 10.2. The van der Waals surface area contributed by atoms with Crippen molar-refractivity contribution in [3.8, 4) is 6.07 Å². The molecule has 0 spiro atoms. The van der Waals surface area contributed by atoms with E-state index < -0.39 is 0 Å². The Kier molecular flexibility index (Phi) is 4.91.